The number of halogens is 6. The number of hydrogen-bond acceptors (Lipinski definition) is 5. The Morgan fingerprint density at radius 1 is 0.932 bits per heavy atom. The molecular weight excluding hydrogens is 606 g/mol. The summed E-state index contributed by atoms with van der Waals surface area (Å²) in [5.74, 6) is 0.469. The quantitative estimate of drug-likeness (QED) is 0.194. The highest BCUT2D eigenvalue weighted by molar-refractivity contribution is 8.18. The van der Waals surface area contributed by atoms with Crippen molar-refractivity contribution in [3.8, 4) is 11.5 Å². The van der Waals surface area contributed by atoms with Crippen LogP contribution in [0, 0.1) is 5.92 Å². The van der Waals surface area contributed by atoms with Crippen LogP contribution in [0.25, 0.3) is 6.08 Å². The number of amides is 1. The number of methoxy groups -OCH3 is 1. The van der Waals surface area contributed by atoms with Crippen molar-refractivity contribution in [3.63, 3.8) is 0 Å². The van der Waals surface area contributed by atoms with Crippen LogP contribution < -0.4 is 9.47 Å². The minimum atomic E-state index is -5.01. The predicted molar refractivity (Wildman–Crippen MR) is 156 cm³/mol. The fraction of sp³-hybridized carbons (Fsp3) is 0.312. The largest absolute Gasteiger partial charge is 0.493 e. The standard InChI is InChI=1S/C32H28F6N2O3S/c1-42-27-16-22(7-10-26(27)43-19-23-8-9-24(31(33,34)35)18-25(23)32(36,37)38)17-28-29(41)39-30(44-28)40-13-11-21(12-14-40)15-20-5-3-2-4-6-20/h2-10,16-18,21H,11-15,19H2,1H3/b28-17-. The zero-order valence-corrected chi connectivity index (χ0v) is 24.4. The van der Waals surface area contributed by atoms with Crippen molar-refractivity contribution in [2.24, 2.45) is 10.9 Å². The Morgan fingerprint density at radius 2 is 1.66 bits per heavy atom. The van der Waals surface area contributed by atoms with Crippen LogP contribution in [0.15, 0.2) is 76.6 Å². The first-order chi connectivity index (χ1) is 20.9. The fourth-order valence-electron chi connectivity index (χ4n) is 5.15. The van der Waals surface area contributed by atoms with Crippen LogP contribution in [0.5, 0.6) is 11.5 Å². The van der Waals surface area contributed by atoms with Gasteiger partial charge in [-0.1, -0.05) is 42.5 Å². The highest BCUT2D eigenvalue weighted by Gasteiger charge is 2.38. The number of rotatable bonds is 7. The number of nitrogens with zero attached hydrogens (tertiary/aromatic N) is 2. The van der Waals surface area contributed by atoms with Gasteiger partial charge in [0.1, 0.15) is 6.61 Å². The molecule has 0 unspecified atom stereocenters. The van der Waals surface area contributed by atoms with E-state index in [1.54, 1.807) is 18.2 Å². The average molecular weight is 635 g/mol. The first-order valence-electron chi connectivity index (χ1n) is 13.8. The van der Waals surface area contributed by atoms with Gasteiger partial charge in [-0.3, -0.25) is 4.79 Å². The second-order valence-electron chi connectivity index (χ2n) is 10.5. The van der Waals surface area contributed by atoms with Gasteiger partial charge in [0.25, 0.3) is 5.91 Å². The third kappa shape index (κ3) is 7.58. The number of amidine groups is 1. The number of carbonyl (C=O) groups excluding carboxylic acids is 1. The summed E-state index contributed by atoms with van der Waals surface area (Å²) in [5, 5.41) is 0.656. The molecule has 232 valence electrons. The predicted octanol–water partition coefficient (Wildman–Crippen LogP) is 8.24. The summed E-state index contributed by atoms with van der Waals surface area (Å²) in [5.41, 5.74) is -1.39. The molecule has 0 bridgehead atoms. The summed E-state index contributed by atoms with van der Waals surface area (Å²) < 4.78 is 90.4. The van der Waals surface area contributed by atoms with E-state index in [4.69, 9.17) is 9.47 Å². The fourth-order valence-corrected chi connectivity index (χ4v) is 6.12. The molecular formula is C32H28F6N2O3S. The zero-order valence-electron chi connectivity index (χ0n) is 23.5. The molecule has 1 saturated heterocycles. The van der Waals surface area contributed by atoms with E-state index in [-0.39, 0.29) is 23.5 Å². The Balaban J connectivity index is 1.22. The van der Waals surface area contributed by atoms with Crippen molar-refractivity contribution in [1.29, 1.82) is 0 Å². The number of likely N-dealkylation sites (tertiary alicyclic amines) is 1. The third-order valence-corrected chi connectivity index (χ3v) is 8.52. The van der Waals surface area contributed by atoms with E-state index in [0.717, 1.165) is 38.4 Å². The van der Waals surface area contributed by atoms with E-state index in [2.05, 4.69) is 22.0 Å². The van der Waals surface area contributed by atoms with Gasteiger partial charge in [0.2, 0.25) is 0 Å². The van der Waals surface area contributed by atoms with Crippen LogP contribution in [0.1, 0.15) is 40.7 Å². The summed E-state index contributed by atoms with van der Waals surface area (Å²) in [6.07, 6.45) is -5.26. The van der Waals surface area contributed by atoms with Crippen molar-refractivity contribution in [2.45, 2.75) is 38.2 Å². The first-order valence-corrected chi connectivity index (χ1v) is 14.6. The van der Waals surface area contributed by atoms with Crippen LogP contribution in [0.3, 0.4) is 0 Å². The Morgan fingerprint density at radius 3 is 2.32 bits per heavy atom. The second kappa shape index (κ2) is 13.0. The molecule has 1 fully saturated rings. The molecule has 3 aromatic rings. The molecule has 5 rings (SSSR count). The highest BCUT2D eigenvalue weighted by Crippen LogP contribution is 2.39. The van der Waals surface area contributed by atoms with Gasteiger partial charge in [0.05, 0.1) is 23.1 Å². The zero-order chi connectivity index (χ0) is 31.5. The van der Waals surface area contributed by atoms with E-state index in [1.807, 2.05) is 18.2 Å². The molecule has 0 N–H and O–H groups in total. The lowest BCUT2D eigenvalue weighted by molar-refractivity contribution is -0.143. The smallest absolute Gasteiger partial charge is 0.416 e. The molecule has 0 saturated carbocycles. The third-order valence-electron chi connectivity index (χ3n) is 7.47. The topological polar surface area (TPSA) is 51.1 Å². The number of ether oxygens (including phenoxy) is 2. The van der Waals surface area contributed by atoms with Gasteiger partial charge < -0.3 is 14.4 Å². The summed E-state index contributed by atoms with van der Waals surface area (Å²) in [4.78, 5) is 19.5. The van der Waals surface area contributed by atoms with E-state index < -0.39 is 35.6 Å². The second-order valence-corrected chi connectivity index (χ2v) is 11.5. The summed E-state index contributed by atoms with van der Waals surface area (Å²) in [7, 11) is 1.34. The Kier molecular flexibility index (Phi) is 9.28. The maximum absolute atomic E-state index is 13.5. The number of aliphatic imine (C=N–C) groups is 1. The van der Waals surface area contributed by atoms with Crippen molar-refractivity contribution < 1.29 is 40.6 Å². The number of thioether (sulfide) groups is 1. The Bertz CT molecular complexity index is 1560. The van der Waals surface area contributed by atoms with E-state index >= 15 is 0 Å². The van der Waals surface area contributed by atoms with Crippen LogP contribution >= 0.6 is 11.8 Å². The molecule has 2 heterocycles. The van der Waals surface area contributed by atoms with Crippen molar-refractivity contribution >= 4 is 28.9 Å². The lowest BCUT2D eigenvalue weighted by atomic mass is 9.90. The highest BCUT2D eigenvalue weighted by atomic mass is 32.2. The lowest BCUT2D eigenvalue weighted by Gasteiger charge is -2.32. The van der Waals surface area contributed by atoms with E-state index in [9.17, 15) is 31.1 Å². The SMILES string of the molecule is COc1cc(/C=C2\SC(N3CCC(Cc4ccccc4)CC3)=NC2=O)ccc1OCc1ccc(C(F)(F)F)cc1C(F)(F)F. The van der Waals surface area contributed by atoms with Crippen LogP contribution in [0.4, 0.5) is 26.3 Å². The minimum absolute atomic E-state index is 0.0742. The van der Waals surface area contributed by atoms with Crippen molar-refractivity contribution in [1.82, 2.24) is 4.90 Å². The van der Waals surface area contributed by atoms with Crippen LogP contribution in [-0.4, -0.2) is 36.2 Å². The van der Waals surface area contributed by atoms with Gasteiger partial charge in [0, 0.05) is 18.7 Å². The monoisotopic (exact) mass is 634 g/mol. The summed E-state index contributed by atoms with van der Waals surface area (Å²) in [6.45, 7) is 0.967. The number of benzene rings is 3. The molecule has 2 aliphatic heterocycles. The van der Waals surface area contributed by atoms with E-state index in [0.29, 0.717) is 27.6 Å². The van der Waals surface area contributed by atoms with Crippen LogP contribution in [0.2, 0.25) is 0 Å². The van der Waals surface area contributed by atoms with Crippen molar-refractivity contribution in [3.05, 3.63) is 99.5 Å². The van der Waals surface area contributed by atoms with Crippen LogP contribution in [-0.2, 0) is 30.2 Å². The molecule has 1 amide bonds. The molecule has 44 heavy (non-hydrogen) atoms. The Labute approximate surface area is 254 Å². The number of piperidine rings is 1. The molecule has 0 aliphatic carbocycles. The molecule has 0 radical (unpaired) electrons. The first kappa shape index (κ1) is 31.5. The van der Waals surface area contributed by atoms with Gasteiger partial charge >= 0.3 is 12.4 Å². The summed E-state index contributed by atoms with van der Waals surface area (Å²) >= 11 is 1.29. The summed E-state index contributed by atoms with van der Waals surface area (Å²) in [6, 6.07) is 16.4. The minimum Gasteiger partial charge on any atom is -0.493 e. The van der Waals surface area contributed by atoms with Gasteiger partial charge in [-0.15, -0.1) is 0 Å². The van der Waals surface area contributed by atoms with Gasteiger partial charge in [-0.05, 0) is 78.4 Å². The number of carbonyl (C=O) groups is 1. The number of alkyl halides is 6. The van der Waals surface area contributed by atoms with Gasteiger partial charge in [-0.2, -0.15) is 31.3 Å². The molecule has 0 atom stereocenters. The van der Waals surface area contributed by atoms with Gasteiger partial charge in [-0.25, -0.2) is 0 Å². The van der Waals surface area contributed by atoms with E-state index in [1.165, 1.54) is 30.5 Å². The normalized spacial score (nSPS) is 17.2. The number of hydrogen-bond donors (Lipinski definition) is 0. The molecule has 5 nitrogen and oxygen atoms in total. The molecule has 0 spiro atoms. The lowest BCUT2D eigenvalue weighted by Crippen LogP contribution is -2.37. The molecule has 12 heteroatoms. The maximum Gasteiger partial charge on any atom is 0.416 e. The molecule has 0 aromatic heterocycles. The van der Waals surface area contributed by atoms with Gasteiger partial charge in [0.15, 0.2) is 16.7 Å². The molecule has 2 aliphatic rings. The maximum atomic E-state index is 13.5. The average Bonchev–Trinajstić information content (AvgIpc) is 3.35. The Hall–Kier alpha value is -3.93. The molecule has 3 aromatic carbocycles. The van der Waals surface area contributed by atoms with Crippen molar-refractivity contribution in [2.75, 3.05) is 20.2 Å².